The zero-order valence-corrected chi connectivity index (χ0v) is 14.6. The molecule has 1 aromatic heterocycles. The molecular formula is C20H15N3O5. The molecule has 8 heteroatoms. The van der Waals surface area contributed by atoms with Gasteiger partial charge in [-0.25, -0.2) is 0 Å². The molecule has 2 aromatic carbocycles. The molecule has 1 fully saturated rings. The predicted molar refractivity (Wildman–Crippen MR) is 102 cm³/mol. The normalized spacial score (nSPS) is 15.0. The van der Waals surface area contributed by atoms with Gasteiger partial charge in [-0.05, 0) is 43.2 Å². The van der Waals surface area contributed by atoms with Gasteiger partial charge in [0.05, 0.1) is 32.5 Å². The Morgan fingerprint density at radius 1 is 1.00 bits per heavy atom. The average Bonchev–Trinajstić information content (AvgIpc) is 3.38. The van der Waals surface area contributed by atoms with Gasteiger partial charge in [0.25, 0.3) is 11.4 Å². The summed E-state index contributed by atoms with van der Waals surface area (Å²) in [6, 6.07) is 12.5. The molecule has 0 unspecified atom stereocenters. The van der Waals surface area contributed by atoms with Gasteiger partial charge >= 0.3 is 0 Å². The maximum Gasteiger partial charge on any atom is 0.294 e. The van der Waals surface area contributed by atoms with Gasteiger partial charge in [0.15, 0.2) is 5.78 Å². The molecule has 0 bridgehead atoms. The van der Waals surface area contributed by atoms with E-state index in [0.29, 0.717) is 10.9 Å². The summed E-state index contributed by atoms with van der Waals surface area (Å²) in [6.07, 6.45) is 6.28. The second-order valence-electron chi connectivity index (χ2n) is 6.76. The van der Waals surface area contributed by atoms with Crippen LogP contribution in [0, 0.1) is 20.2 Å². The van der Waals surface area contributed by atoms with Crippen LogP contribution in [0.5, 0.6) is 0 Å². The first-order chi connectivity index (χ1) is 13.4. The number of nitrogens with zero attached hydrogens (tertiary/aromatic N) is 3. The van der Waals surface area contributed by atoms with Crippen LogP contribution < -0.4 is 0 Å². The molecule has 1 aliphatic carbocycles. The number of nitro benzene ring substituents is 1. The van der Waals surface area contributed by atoms with Crippen LogP contribution >= 0.6 is 0 Å². The molecule has 0 spiro atoms. The molecule has 0 amide bonds. The number of nitro groups is 2. The zero-order valence-electron chi connectivity index (χ0n) is 14.6. The third kappa shape index (κ3) is 2.94. The number of fused-ring (bicyclic) bond motifs is 1. The van der Waals surface area contributed by atoms with E-state index in [1.165, 1.54) is 36.5 Å². The van der Waals surface area contributed by atoms with Crippen molar-refractivity contribution in [2.75, 3.05) is 0 Å². The van der Waals surface area contributed by atoms with Gasteiger partial charge in [-0.2, -0.15) is 0 Å². The summed E-state index contributed by atoms with van der Waals surface area (Å²) < 4.78 is 1.86. The van der Waals surface area contributed by atoms with Crippen molar-refractivity contribution in [3.05, 3.63) is 92.7 Å². The predicted octanol–water partition coefficient (Wildman–Crippen LogP) is 4.39. The van der Waals surface area contributed by atoms with Crippen LogP contribution in [0.25, 0.3) is 10.9 Å². The molecule has 0 N–H and O–H groups in total. The third-order valence-corrected chi connectivity index (χ3v) is 5.04. The number of benzene rings is 2. The number of para-hydroxylation sites is 1. The van der Waals surface area contributed by atoms with Gasteiger partial charge in [0.1, 0.15) is 0 Å². The highest BCUT2D eigenvalue weighted by molar-refractivity contribution is 6.04. The van der Waals surface area contributed by atoms with Gasteiger partial charge in [-0.1, -0.05) is 18.2 Å². The first-order valence-corrected chi connectivity index (χ1v) is 8.64. The highest BCUT2D eigenvalue weighted by atomic mass is 16.6. The molecule has 0 radical (unpaired) electrons. The molecule has 4 rings (SSSR count). The summed E-state index contributed by atoms with van der Waals surface area (Å²) in [5, 5.41) is 22.7. The highest BCUT2D eigenvalue weighted by Crippen LogP contribution is 2.48. The molecule has 0 saturated heterocycles. The van der Waals surface area contributed by atoms with Crippen LogP contribution in [0.1, 0.15) is 23.2 Å². The second kappa shape index (κ2) is 6.41. The van der Waals surface area contributed by atoms with E-state index in [1.54, 1.807) is 18.2 Å². The van der Waals surface area contributed by atoms with Crippen molar-refractivity contribution in [2.24, 2.45) is 0 Å². The number of carbonyl (C=O) groups is 1. The Hall–Kier alpha value is -3.81. The lowest BCUT2D eigenvalue weighted by Gasteiger charge is -2.14. The number of hydrogen-bond acceptors (Lipinski definition) is 5. The maximum absolute atomic E-state index is 12.4. The van der Waals surface area contributed by atoms with Crippen LogP contribution in [-0.4, -0.2) is 20.2 Å². The number of ketones is 1. The van der Waals surface area contributed by atoms with Crippen molar-refractivity contribution < 1.29 is 14.6 Å². The van der Waals surface area contributed by atoms with Gasteiger partial charge in [-0.15, -0.1) is 0 Å². The van der Waals surface area contributed by atoms with E-state index in [1.807, 2.05) is 16.7 Å². The minimum absolute atomic E-state index is 0.0389. The molecular weight excluding hydrogens is 362 g/mol. The molecule has 3 aromatic rings. The first kappa shape index (κ1) is 17.6. The van der Waals surface area contributed by atoms with Crippen LogP contribution in [0.15, 0.2) is 66.9 Å². The Kier molecular flexibility index (Phi) is 4.03. The summed E-state index contributed by atoms with van der Waals surface area (Å²) >= 11 is 0. The van der Waals surface area contributed by atoms with Gasteiger partial charge in [0.2, 0.25) is 0 Å². The largest absolute Gasteiger partial charge is 0.331 e. The molecule has 1 aliphatic rings. The number of aromatic nitrogens is 1. The Morgan fingerprint density at radius 2 is 1.68 bits per heavy atom. The van der Waals surface area contributed by atoms with Crippen LogP contribution in [-0.2, 0) is 5.54 Å². The number of hydrogen-bond donors (Lipinski definition) is 0. The lowest BCUT2D eigenvalue weighted by Crippen LogP contribution is -2.13. The topological polar surface area (TPSA) is 108 Å². The Morgan fingerprint density at radius 3 is 2.29 bits per heavy atom. The SMILES string of the molecule is O=C(/C=C/C1(n2cc([N+](=O)[O-])c3ccccc32)CC1)c1ccc([N+](=O)[O-])cc1. The summed E-state index contributed by atoms with van der Waals surface area (Å²) in [4.78, 5) is 33.6. The molecule has 8 nitrogen and oxygen atoms in total. The number of non-ortho nitro benzene ring substituents is 1. The molecule has 28 heavy (non-hydrogen) atoms. The quantitative estimate of drug-likeness (QED) is 0.274. The Balaban J connectivity index is 1.65. The molecule has 0 aliphatic heterocycles. The van der Waals surface area contributed by atoms with E-state index in [4.69, 9.17) is 0 Å². The minimum Gasteiger partial charge on any atom is -0.331 e. The van der Waals surface area contributed by atoms with E-state index in [2.05, 4.69) is 0 Å². The number of rotatable bonds is 6. The average molecular weight is 377 g/mol. The summed E-state index contributed by atoms with van der Waals surface area (Å²) in [6.45, 7) is 0. The van der Waals surface area contributed by atoms with E-state index in [-0.39, 0.29) is 17.2 Å². The number of allylic oxidation sites excluding steroid dienone is 2. The van der Waals surface area contributed by atoms with Crippen LogP contribution in [0.4, 0.5) is 11.4 Å². The smallest absolute Gasteiger partial charge is 0.294 e. The third-order valence-electron chi connectivity index (χ3n) is 5.04. The van der Waals surface area contributed by atoms with Crippen molar-refractivity contribution in [3.63, 3.8) is 0 Å². The fourth-order valence-electron chi connectivity index (χ4n) is 3.37. The summed E-state index contributed by atoms with van der Waals surface area (Å²) in [5.41, 5.74) is 0.590. The molecule has 140 valence electrons. The lowest BCUT2D eigenvalue weighted by molar-refractivity contribution is -0.384. The maximum atomic E-state index is 12.4. The number of carbonyl (C=O) groups excluding carboxylic acids is 1. The summed E-state index contributed by atoms with van der Waals surface area (Å²) in [5.74, 6) is -0.271. The van der Waals surface area contributed by atoms with E-state index < -0.39 is 15.4 Å². The van der Waals surface area contributed by atoms with Crippen molar-refractivity contribution in [1.29, 1.82) is 0 Å². The van der Waals surface area contributed by atoms with Crippen LogP contribution in [0.3, 0.4) is 0 Å². The van der Waals surface area contributed by atoms with Gasteiger partial charge < -0.3 is 4.57 Å². The highest BCUT2D eigenvalue weighted by Gasteiger charge is 2.44. The van der Waals surface area contributed by atoms with Crippen molar-refractivity contribution >= 4 is 28.1 Å². The van der Waals surface area contributed by atoms with Crippen molar-refractivity contribution in [3.8, 4) is 0 Å². The van der Waals surface area contributed by atoms with Crippen molar-refractivity contribution in [1.82, 2.24) is 4.57 Å². The molecule has 0 atom stereocenters. The standard InChI is InChI=1S/C20H15N3O5/c24-19(14-5-7-15(8-6-14)22(25)26)9-10-20(11-12-20)21-13-18(23(27)28)16-3-1-2-4-17(16)21/h1-10,13H,11-12H2/b10-9+. The zero-order chi connectivity index (χ0) is 19.9. The van der Waals surface area contributed by atoms with Crippen LogP contribution in [0.2, 0.25) is 0 Å². The first-order valence-electron chi connectivity index (χ1n) is 8.64. The van der Waals surface area contributed by atoms with Crippen molar-refractivity contribution in [2.45, 2.75) is 18.4 Å². The Bertz CT molecular complexity index is 1140. The van der Waals surface area contributed by atoms with E-state index in [9.17, 15) is 25.0 Å². The van der Waals surface area contributed by atoms with Gasteiger partial charge in [-0.3, -0.25) is 25.0 Å². The second-order valence-corrected chi connectivity index (χ2v) is 6.76. The fourth-order valence-corrected chi connectivity index (χ4v) is 3.37. The minimum atomic E-state index is -0.520. The van der Waals surface area contributed by atoms with E-state index >= 15 is 0 Å². The Labute approximate surface area is 159 Å². The molecule has 1 saturated carbocycles. The fraction of sp³-hybridized carbons (Fsp3) is 0.150. The summed E-state index contributed by atoms with van der Waals surface area (Å²) in [7, 11) is 0. The monoisotopic (exact) mass is 377 g/mol. The molecule has 1 heterocycles. The van der Waals surface area contributed by atoms with E-state index in [0.717, 1.165) is 18.4 Å². The lowest BCUT2D eigenvalue weighted by atomic mass is 10.1. The van der Waals surface area contributed by atoms with Gasteiger partial charge in [0, 0.05) is 17.7 Å².